The summed E-state index contributed by atoms with van der Waals surface area (Å²) in [5, 5.41) is 31.7. The zero-order valence-corrected chi connectivity index (χ0v) is 18.9. The molecule has 0 saturated carbocycles. The molecule has 1 aliphatic rings. The van der Waals surface area contributed by atoms with Gasteiger partial charge in [-0.3, -0.25) is 10.1 Å². The molecule has 4 rings (SSSR count). The lowest BCUT2D eigenvalue weighted by Crippen LogP contribution is -2.61. The van der Waals surface area contributed by atoms with E-state index in [0.29, 0.717) is 5.75 Å². The van der Waals surface area contributed by atoms with Gasteiger partial charge in [0, 0.05) is 12.1 Å². The Morgan fingerprint density at radius 1 is 0.829 bits per heavy atom. The van der Waals surface area contributed by atoms with Crippen LogP contribution in [0.4, 0.5) is 5.69 Å². The second kappa shape index (κ2) is 11.9. The fraction of sp³-hybridized carbons (Fsp3) is 0.308. The summed E-state index contributed by atoms with van der Waals surface area (Å²) in [5.41, 5.74) is 1.73. The topological polar surface area (TPSA) is 121 Å². The lowest BCUT2D eigenvalue weighted by atomic mass is 9.98. The number of non-ortho nitro benzene ring substituents is 1. The standard InChI is InChI=1S/C26H27NO8/c28-15-22-23(29)24(32-16-18-7-3-1-4-8-18)25(33-17-19-9-5-2-6-10-19)26(35-22)34-21-13-11-20(12-14-21)27(30)31/h1-14,22-26,28-29H,15-17H2/t22-,23+,24+,25-,26+/m1/s1. The van der Waals surface area contributed by atoms with Gasteiger partial charge in [-0.1, -0.05) is 60.7 Å². The van der Waals surface area contributed by atoms with Gasteiger partial charge < -0.3 is 29.2 Å². The van der Waals surface area contributed by atoms with Gasteiger partial charge in [0.05, 0.1) is 24.7 Å². The Bertz CT molecular complexity index is 1060. The third kappa shape index (κ3) is 6.41. The molecule has 9 nitrogen and oxygen atoms in total. The van der Waals surface area contributed by atoms with Gasteiger partial charge in [0.25, 0.3) is 5.69 Å². The smallest absolute Gasteiger partial charge is 0.269 e. The SMILES string of the molecule is O=[N+]([O-])c1ccc(O[C@H]2O[C@H](CO)[C@H](O)[C@H](OCc3ccccc3)[C@H]2OCc2ccccc2)cc1. The van der Waals surface area contributed by atoms with Crippen LogP contribution in [0.2, 0.25) is 0 Å². The lowest BCUT2D eigenvalue weighted by Gasteiger charge is -2.43. The van der Waals surface area contributed by atoms with Crippen molar-refractivity contribution in [2.24, 2.45) is 0 Å². The normalized spacial score (nSPS) is 24.1. The Balaban J connectivity index is 1.57. The third-order valence-electron chi connectivity index (χ3n) is 5.67. The highest BCUT2D eigenvalue weighted by Gasteiger charge is 2.48. The molecule has 1 fully saturated rings. The Labute approximate surface area is 202 Å². The van der Waals surface area contributed by atoms with E-state index in [0.717, 1.165) is 11.1 Å². The van der Waals surface area contributed by atoms with E-state index in [1.165, 1.54) is 24.3 Å². The Morgan fingerprint density at radius 2 is 1.37 bits per heavy atom. The zero-order valence-electron chi connectivity index (χ0n) is 18.9. The van der Waals surface area contributed by atoms with Crippen LogP contribution in [-0.4, -0.2) is 52.4 Å². The molecule has 3 aromatic rings. The van der Waals surface area contributed by atoms with Crippen LogP contribution < -0.4 is 4.74 Å². The van der Waals surface area contributed by atoms with Crippen molar-refractivity contribution in [1.29, 1.82) is 0 Å². The van der Waals surface area contributed by atoms with Gasteiger partial charge in [0.15, 0.2) is 0 Å². The molecule has 2 N–H and O–H groups in total. The Kier molecular flexibility index (Phi) is 8.40. The summed E-state index contributed by atoms with van der Waals surface area (Å²) in [4.78, 5) is 10.5. The minimum absolute atomic E-state index is 0.0773. The minimum atomic E-state index is -1.18. The monoisotopic (exact) mass is 481 g/mol. The molecular formula is C26H27NO8. The average molecular weight is 482 g/mol. The van der Waals surface area contributed by atoms with Crippen LogP contribution in [0.15, 0.2) is 84.9 Å². The molecular weight excluding hydrogens is 454 g/mol. The van der Waals surface area contributed by atoms with E-state index in [9.17, 15) is 20.3 Å². The first kappa shape index (κ1) is 24.8. The second-order valence-corrected chi connectivity index (χ2v) is 8.11. The fourth-order valence-electron chi connectivity index (χ4n) is 3.82. The van der Waals surface area contributed by atoms with Gasteiger partial charge >= 0.3 is 0 Å². The van der Waals surface area contributed by atoms with Crippen molar-refractivity contribution in [3.8, 4) is 5.75 Å². The van der Waals surface area contributed by atoms with Crippen LogP contribution in [0.3, 0.4) is 0 Å². The van der Waals surface area contributed by atoms with Gasteiger partial charge in [-0.2, -0.15) is 0 Å². The first-order valence-electron chi connectivity index (χ1n) is 11.2. The summed E-state index contributed by atoms with van der Waals surface area (Å²) < 4.78 is 24.1. The number of nitro groups is 1. The Hall–Kier alpha value is -3.34. The van der Waals surface area contributed by atoms with Gasteiger partial charge in [0.2, 0.25) is 6.29 Å². The van der Waals surface area contributed by atoms with E-state index in [2.05, 4.69) is 0 Å². The number of benzene rings is 3. The maximum Gasteiger partial charge on any atom is 0.269 e. The summed E-state index contributed by atoms with van der Waals surface area (Å²) in [6, 6.07) is 24.5. The van der Waals surface area contributed by atoms with Crippen molar-refractivity contribution in [3.63, 3.8) is 0 Å². The van der Waals surface area contributed by atoms with Crippen molar-refractivity contribution < 1.29 is 34.1 Å². The van der Waals surface area contributed by atoms with Crippen LogP contribution in [-0.2, 0) is 27.4 Å². The molecule has 0 bridgehead atoms. The van der Waals surface area contributed by atoms with Crippen LogP contribution in [0.5, 0.6) is 5.75 Å². The molecule has 9 heteroatoms. The van der Waals surface area contributed by atoms with Crippen LogP contribution in [0.25, 0.3) is 0 Å². The highest BCUT2D eigenvalue weighted by atomic mass is 16.7. The first-order chi connectivity index (χ1) is 17.0. The van der Waals surface area contributed by atoms with Gasteiger partial charge in [-0.15, -0.1) is 0 Å². The number of nitro benzene ring substituents is 1. The van der Waals surface area contributed by atoms with Crippen LogP contribution in [0, 0.1) is 10.1 Å². The third-order valence-corrected chi connectivity index (χ3v) is 5.67. The van der Waals surface area contributed by atoms with Gasteiger partial charge in [0.1, 0.15) is 30.2 Å². The van der Waals surface area contributed by atoms with E-state index in [1.54, 1.807) is 0 Å². The predicted molar refractivity (Wildman–Crippen MR) is 126 cm³/mol. The highest BCUT2D eigenvalue weighted by molar-refractivity contribution is 5.36. The minimum Gasteiger partial charge on any atom is -0.462 e. The number of aliphatic hydroxyl groups is 2. The first-order valence-corrected chi connectivity index (χ1v) is 11.2. The zero-order chi connectivity index (χ0) is 24.6. The summed E-state index contributed by atoms with van der Waals surface area (Å²) >= 11 is 0. The molecule has 0 aliphatic carbocycles. The van der Waals surface area contributed by atoms with Crippen molar-refractivity contribution in [3.05, 3.63) is 106 Å². The molecule has 1 saturated heterocycles. The molecule has 1 heterocycles. The summed E-state index contributed by atoms with van der Waals surface area (Å²) in [6.45, 7) is -0.0508. The molecule has 35 heavy (non-hydrogen) atoms. The van der Waals surface area contributed by atoms with Gasteiger partial charge in [-0.05, 0) is 23.3 Å². The largest absolute Gasteiger partial charge is 0.462 e. The average Bonchev–Trinajstić information content (AvgIpc) is 2.89. The molecule has 184 valence electrons. The van der Waals surface area contributed by atoms with Crippen molar-refractivity contribution in [2.75, 3.05) is 6.61 Å². The number of ether oxygens (including phenoxy) is 4. The molecule has 0 unspecified atom stereocenters. The van der Waals surface area contributed by atoms with Gasteiger partial charge in [-0.25, -0.2) is 0 Å². The molecule has 0 radical (unpaired) electrons. The van der Waals surface area contributed by atoms with Crippen molar-refractivity contribution in [2.45, 2.75) is 43.9 Å². The van der Waals surface area contributed by atoms with E-state index in [1.807, 2.05) is 60.7 Å². The molecule has 0 aromatic heterocycles. The number of hydrogen-bond acceptors (Lipinski definition) is 8. The lowest BCUT2D eigenvalue weighted by molar-refractivity contribution is -0.384. The van der Waals surface area contributed by atoms with Crippen molar-refractivity contribution >= 4 is 5.69 Å². The molecule has 3 aromatic carbocycles. The maximum atomic E-state index is 11.0. The highest BCUT2D eigenvalue weighted by Crippen LogP contribution is 2.30. The summed E-state index contributed by atoms with van der Waals surface area (Å²) in [6.07, 6.45) is -4.96. The molecule has 0 spiro atoms. The summed E-state index contributed by atoms with van der Waals surface area (Å²) in [7, 11) is 0. The maximum absolute atomic E-state index is 11.0. The molecule has 5 atom stereocenters. The Morgan fingerprint density at radius 3 is 1.89 bits per heavy atom. The van der Waals surface area contributed by atoms with E-state index < -0.39 is 42.2 Å². The van der Waals surface area contributed by atoms with E-state index in [4.69, 9.17) is 18.9 Å². The van der Waals surface area contributed by atoms with Crippen LogP contribution in [0.1, 0.15) is 11.1 Å². The number of hydrogen-bond donors (Lipinski definition) is 2. The fourth-order valence-corrected chi connectivity index (χ4v) is 3.82. The number of rotatable bonds is 10. The second-order valence-electron chi connectivity index (χ2n) is 8.11. The van der Waals surface area contributed by atoms with E-state index >= 15 is 0 Å². The molecule has 0 amide bonds. The van der Waals surface area contributed by atoms with E-state index in [-0.39, 0.29) is 18.9 Å². The predicted octanol–water partition coefficient (Wildman–Crippen LogP) is 3.22. The van der Waals surface area contributed by atoms with Crippen LogP contribution >= 0.6 is 0 Å². The quantitative estimate of drug-likeness (QED) is 0.335. The molecule has 1 aliphatic heterocycles. The van der Waals surface area contributed by atoms with Crippen molar-refractivity contribution in [1.82, 2.24) is 0 Å². The number of nitrogens with zero attached hydrogens (tertiary/aromatic N) is 1. The summed E-state index contributed by atoms with van der Waals surface area (Å²) in [5.74, 6) is 0.309. The number of aliphatic hydroxyl groups excluding tert-OH is 2.